The highest BCUT2D eigenvalue weighted by Crippen LogP contribution is 2.14. The SMILES string of the molecule is CN=C(NCC1CCN(C)C1)N1CCN(C(=O)Cc2cccc(Cl)c2)CC1.I. The number of rotatable bonds is 4. The summed E-state index contributed by atoms with van der Waals surface area (Å²) in [6.07, 6.45) is 1.65. The van der Waals surface area contributed by atoms with Crippen molar-refractivity contribution >= 4 is 47.4 Å². The van der Waals surface area contributed by atoms with E-state index in [2.05, 4.69) is 27.2 Å². The van der Waals surface area contributed by atoms with Crippen LogP contribution in [0, 0.1) is 5.92 Å². The Labute approximate surface area is 190 Å². The standard InChI is InChI=1S/C20H30ClN5O.HI/c1-22-20(23-14-17-6-7-24(2)15-17)26-10-8-25(9-11-26)19(27)13-16-4-3-5-18(21)12-16;/h3-5,12,17H,6-11,13-15H2,1-2H3,(H,22,23);1H. The Hall–Kier alpha value is -1.06. The summed E-state index contributed by atoms with van der Waals surface area (Å²) in [5, 5.41) is 4.20. The summed E-state index contributed by atoms with van der Waals surface area (Å²) in [6.45, 7) is 6.37. The van der Waals surface area contributed by atoms with Gasteiger partial charge in [-0.3, -0.25) is 9.79 Å². The summed E-state index contributed by atoms with van der Waals surface area (Å²) in [7, 11) is 4.01. The van der Waals surface area contributed by atoms with Crippen LogP contribution in [0.4, 0.5) is 0 Å². The van der Waals surface area contributed by atoms with Gasteiger partial charge in [0.15, 0.2) is 5.96 Å². The van der Waals surface area contributed by atoms with Crippen molar-refractivity contribution in [3.63, 3.8) is 0 Å². The van der Waals surface area contributed by atoms with Crippen LogP contribution in [0.3, 0.4) is 0 Å². The van der Waals surface area contributed by atoms with Gasteiger partial charge in [-0.15, -0.1) is 24.0 Å². The van der Waals surface area contributed by atoms with Crippen LogP contribution in [0.1, 0.15) is 12.0 Å². The van der Waals surface area contributed by atoms with Crippen LogP contribution >= 0.6 is 35.6 Å². The van der Waals surface area contributed by atoms with Crippen molar-refractivity contribution in [1.82, 2.24) is 20.0 Å². The number of carbonyl (C=O) groups is 1. The van der Waals surface area contributed by atoms with Gasteiger partial charge in [0, 0.05) is 51.3 Å². The molecular formula is C20H31ClIN5O. The number of likely N-dealkylation sites (tertiary alicyclic amines) is 1. The molecular weight excluding hydrogens is 489 g/mol. The van der Waals surface area contributed by atoms with Crippen LogP contribution < -0.4 is 5.32 Å². The molecule has 0 aromatic heterocycles. The lowest BCUT2D eigenvalue weighted by atomic mass is 10.1. The average molecular weight is 520 g/mol. The van der Waals surface area contributed by atoms with Gasteiger partial charge in [-0.1, -0.05) is 23.7 Å². The minimum absolute atomic E-state index is 0. The third-order valence-electron chi connectivity index (χ3n) is 5.43. The zero-order valence-corrected chi connectivity index (χ0v) is 19.8. The summed E-state index contributed by atoms with van der Waals surface area (Å²) in [6, 6.07) is 7.53. The number of nitrogens with one attached hydrogen (secondary N) is 1. The van der Waals surface area contributed by atoms with Crippen molar-refractivity contribution < 1.29 is 4.79 Å². The fraction of sp³-hybridized carbons (Fsp3) is 0.600. The molecule has 156 valence electrons. The third-order valence-corrected chi connectivity index (χ3v) is 5.66. The molecule has 2 aliphatic heterocycles. The second-order valence-corrected chi connectivity index (χ2v) is 7.96. The summed E-state index contributed by atoms with van der Waals surface area (Å²) in [5.74, 6) is 1.80. The van der Waals surface area contributed by atoms with Gasteiger partial charge in [-0.2, -0.15) is 0 Å². The second kappa shape index (κ2) is 11.2. The molecule has 0 spiro atoms. The number of halogens is 2. The van der Waals surface area contributed by atoms with E-state index in [0.717, 1.165) is 50.8 Å². The Bertz CT molecular complexity index is 678. The molecule has 1 amide bonds. The van der Waals surface area contributed by atoms with Crippen molar-refractivity contribution in [2.24, 2.45) is 10.9 Å². The van der Waals surface area contributed by atoms with E-state index in [1.165, 1.54) is 13.0 Å². The summed E-state index contributed by atoms with van der Waals surface area (Å²) in [4.78, 5) is 23.6. The first-order valence-electron chi connectivity index (χ1n) is 9.71. The van der Waals surface area contributed by atoms with Crippen LogP contribution in [0.5, 0.6) is 0 Å². The number of hydrogen-bond acceptors (Lipinski definition) is 3. The average Bonchev–Trinajstić information content (AvgIpc) is 3.08. The molecule has 1 aromatic carbocycles. The molecule has 0 aliphatic carbocycles. The van der Waals surface area contributed by atoms with E-state index in [1.807, 2.05) is 36.2 Å². The number of benzene rings is 1. The van der Waals surface area contributed by atoms with E-state index in [1.54, 1.807) is 0 Å². The largest absolute Gasteiger partial charge is 0.356 e. The van der Waals surface area contributed by atoms with Gasteiger partial charge in [0.25, 0.3) is 0 Å². The fourth-order valence-electron chi connectivity index (χ4n) is 3.86. The monoisotopic (exact) mass is 519 g/mol. The second-order valence-electron chi connectivity index (χ2n) is 7.52. The highest BCUT2D eigenvalue weighted by molar-refractivity contribution is 14.0. The van der Waals surface area contributed by atoms with Crippen molar-refractivity contribution in [2.75, 3.05) is 59.9 Å². The van der Waals surface area contributed by atoms with E-state index < -0.39 is 0 Å². The van der Waals surface area contributed by atoms with Gasteiger partial charge in [0.1, 0.15) is 0 Å². The fourth-order valence-corrected chi connectivity index (χ4v) is 4.07. The van der Waals surface area contributed by atoms with Gasteiger partial charge in [-0.25, -0.2) is 0 Å². The predicted molar refractivity (Wildman–Crippen MR) is 126 cm³/mol. The first-order chi connectivity index (χ1) is 13.0. The Morgan fingerprint density at radius 1 is 1.21 bits per heavy atom. The van der Waals surface area contributed by atoms with E-state index >= 15 is 0 Å². The maximum Gasteiger partial charge on any atom is 0.227 e. The topological polar surface area (TPSA) is 51.2 Å². The lowest BCUT2D eigenvalue weighted by molar-refractivity contribution is -0.131. The van der Waals surface area contributed by atoms with Gasteiger partial charge < -0.3 is 20.0 Å². The van der Waals surface area contributed by atoms with Crippen molar-refractivity contribution in [3.8, 4) is 0 Å². The smallest absolute Gasteiger partial charge is 0.227 e. The molecule has 8 heteroatoms. The molecule has 0 saturated carbocycles. The molecule has 1 unspecified atom stereocenters. The maximum absolute atomic E-state index is 12.6. The van der Waals surface area contributed by atoms with Crippen molar-refractivity contribution in [1.29, 1.82) is 0 Å². The summed E-state index contributed by atoms with van der Waals surface area (Å²) < 4.78 is 0. The van der Waals surface area contributed by atoms with E-state index in [-0.39, 0.29) is 29.9 Å². The lowest BCUT2D eigenvalue weighted by Gasteiger charge is -2.36. The van der Waals surface area contributed by atoms with Crippen LogP contribution in [0.15, 0.2) is 29.3 Å². The third kappa shape index (κ3) is 6.49. The van der Waals surface area contributed by atoms with Gasteiger partial charge in [-0.05, 0) is 43.6 Å². The maximum atomic E-state index is 12.6. The number of hydrogen-bond donors (Lipinski definition) is 1. The Balaban J connectivity index is 0.00000280. The molecule has 2 saturated heterocycles. The van der Waals surface area contributed by atoms with Crippen molar-refractivity contribution in [2.45, 2.75) is 12.8 Å². The minimum atomic E-state index is 0. The van der Waals surface area contributed by atoms with Gasteiger partial charge in [0.05, 0.1) is 6.42 Å². The number of aliphatic imine (C=N–C) groups is 1. The highest BCUT2D eigenvalue weighted by Gasteiger charge is 2.24. The molecule has 0 bridgehead atoms. The minimum Gasteiger partial charge on any atom is -0.356 e. The van der Waals surface area contributed by atoms with Crippen LogP contribution in [-0.2, 0) is 11.2 Å². The Morgan fingerprint density at radius 3 is 2.54 bits per heavy atom. The Morgan fingerprint density at radius 2 is 1.93 bits per heavy atom. The van der Waals surface area contributed by atoms with E-state index in [0.29, 0.717) is 17.4 Å². The number of piperazine rings is 1. The molecule has 0 radical (unpaired) electrons. The van der Waals surface area contributed by atoms with Gasteiger partial charge in [0.2, 0.25) is 5.91 Å². The molecule has 2 fully saturated rings. The molecule has 3 rings (SSSR count). The quantitative estimate of drug-likeness (QED) is 0.376. The van der Waals surface area contributed by atoms with Crippen LogP contribution in [0.2, 0.25) is 5.02 Å². The first-order valence-corrected chi connectivity index (χ1v) is 10.1. The zero-order valence-electron chi connectivity index (χ0n) is 16.7. The summed E-state index contributed by atoms with van der Waals surface area (Å²) >= 11 is 6.01. The highest BCUT2D eigenvalue weighted by atomic mass is 127. The molecule has 1 atom stereocenters. The summed E-state index contributed by atoms with van der Waals surface area (Å²) in [5.41, 5.74) is 0.967. The Kier molecular flexibility index (Phi) is 9.30. The van der Waals surface area contributed by atoms with Gasteiger partial charge >= 0.3 is 0 Å². The van der Waals surface area contributed by atoms with E-state index in [9.17, 15) is 4.79 Å². The number of guanidine groups is 1. The molecule has 1 aromatic rings. The zero-order chi connectivity index (χ0) is 19.2. The molecule has 6 nitrogen and oxygen atoms in total. The number of amides is 1. The predicted octanol–water partition coefficient (Wildman–Crippen LogP) is 2.17. The lowest BCUT2D eigenvalue weighted by Crippen LogP contribution is -2.54. The normalized spacial score (nSPS) is 20.8. The van der Waals surface area contributed by atoms with E-state index in [4.69, 9.17) is 11.6 Å². The molecule has 2 aliphatic rings. The van der Waals surface area contributed by atoms with Crippen LogP contribution in [0.25, 0.3) is 0 Å². The molecule has 28 heavy (non-hydrogen) atoms. The number of carbonyl (C=O) groups excluding carboxylic acids is 1. The molecule has 2 heterocycles. The number of nitrogens with zero attached hydrogens (tertiary/aromatic N) is 4. The first kappa shape index (κ1) is 23.2. The van der Waals surface area contributed by atoms with Crippen molar-refractivity contribution in [3.05, 3.63) is 34.9 Å². The molecule has 1 N–H and O–H groups in total. The van der Waals surface area contributed by atoms with Crippen LogP contribution in [-0.4, -0.2) is 86.5 Å².